The summed E-state index contributed by atoms with van der Waals surface area (Å²) in [5, 5.41) is 5.30. The highest BCUT2D eigenvalue weighted by Crippen LogP contribution is 2.15. The van der Waals surface area contributed by atoms with Gasteiger partial charge in [0.25, 0.3) is 0 Å². The highest BCUT2D eigenvalue weighted by molar-refractivity contribution is 6.01. The first kappa shape index (κ1) is 32.6. The van der Waals surface area contributed by atoms with Crippen molar-refractivity contribution in [3.63, 3.8) is 0 Å². The smallest absolute Gasteiger partial charge is 0.348 e. The third-order valence-corrected chi connectivity index (χ3v) is 6.36. The maximum Gasteiger partial charge on any atom is 0.348 e. The summed E-state index contributed by atoms with van der Waals surface area (Å²) in [6.07, 6.45) is -0.130. The molecule has 3 atom stereocenters. The van der Waals surface area contributed by atoms with E-state index in [0.29, 0.717) is 11.3 Å². The van der Waals surface area contributed by atoms with Crippen LogP contribution in [-0.2, 0) is 39.9 Å². The second-order valence-electron chi connectivity index (χ2n) is 10.3. The Hall–Kier alpha value is -4.91. The number of esters is 2. The van der Waals surface area contributed by atoms with Crippen molar-refractivity contribution in [1.82, 2.24) is 10.6 Å². The molecule has 43 heavy (non-hydrogen) atoms. The van der Waals surface area contributed by atoms with Crippen LogP contribution in [0.2, 0.25) is 0 Å². The number of ketones is 1. The molecule has 1 aliphatic rings. The number of hydrogen-bond donors (Lipinski definition) is 2. The van der Waals surface area contributed by atoms with E-state index in [1.807, 2.05) is 19.9 Å². The molecule has 2 amide bonds. The fourth-order valence-corrected chi connectivity index (χ4v) is 4.13. The van der Waals surface area contributed by atoms with E-state index in [2.05, 4.69) is 22.5 Å². The minimum Gasteiger partial charge on any atom is -0.497 e. The number of nitrogens with one attached hydrogen (secondary N) is 2. The Bertz CT molecular complexity index is 1370. The zero-order chi connectivity index (χ0) is 31.2. The largest absolute Gasteiger partial charge is 0.497 e. The van der Waals surface area contributed by atoms with Gasteiger partial charge in [0, 0.05) is 24.9 Å². The van der Waals surface area contributed by atoms with Crippen molar-refractivity contribution >= 4 is 29.5 Å². The number of hydrogen-bond acceptors (Lipinski definition) is 8. The molecule has 10 nitrogen and oxygen atoms in total. The Balaban J connectivity index is 1.86. The van der Waals surface area contributed by atoms with Crippen LogP contribution in [-0.4, -0.2) is 61.4 Å². The predicted molar refractivity (Wildman–Crippen MR) is 158 cm³/mol. The van der Waals surface area contributed by atoms with Crippen LogP contribution in [0.1, 0.15) is 44.2 Å². The highest BCUT2D eigenvalue weighted by Gasteiger charge is 2.30. The van der Waals surface area contributed by atoms with Crippen LogP contribution in [0, 0.1) is 17.8 Å². The molecule has 0 aromatic heterocycles. The summed E-state index contributed by atoms with van der Waals surface area (Å²) in [6.45, 7) is 3.61. The van der Waals surface area contributed by atoms with E-state index in [0.717, 1.165) is 5.56 Å². The van der Waals surface area contributed by atoms with Crippen molar-refractivity contribution in [2.75, 3.05) is 13.7 Å². The summed E-state index contributed by atoms with van der Waals surface area (Å²) in [4.78, 5) is 64.5. The van der Waals surface area contributed by atoms with Crippen LogP contribution in [0.4, 0.5) is 0 Å². The SMILES string of the molecule is COc1ccc(C[C@H]2NC(=O)/C=C/C[C@@H](C(=O)C#Cc3ccccc3)OC(=O)[C@H](CC(C)C)OC(=O)CCNC2=O)cc1. The molecule has 2 aromatic rings. The summed E-state index contributed by atoms with van der Waals surface area (Å²) in [7, 11) is 1.54. The predicted octanol–water partition coefficient (Wildman–Crippen LogP) is 2.68. The van der Waals surface area contributed by atoms with Crippen LogP contribution < -0.4 is 15.4 Å². The van der Waals surface area contributed by atoms with Gasteiger partial charge in [-0.3, -0.25) is 19.2 Å². The molecule has 2 N–H and O–H groups in total. The molecule has 0 fully saturated rings. The lowest BCUT2D eigenvalue weighted by atomic mass is 10.0. The maximum absolute atomic E-state index is 13.1. The second kappa shape index (κ2) is 16.5. The van der Waals surface area contributed by atoms with Crippen LogP contribution in [0.15, 0.2) is 66.7 Å². The van der Waals surface area contributed by atoms with Gasteiger partial charge in [0.2, 0.25) is 17.6 Å². The van der Waals surface area contributed by atoms with Crippen molar-refractivity contribution in [1.29, 1.82) is 0 Å². The molecule has 0 aliphatic carbocycles. The topological polar surface area (TPSA) is 137 Å². The Morgan fingerprint density at radius 1 is 1.02 bits per heavy atom. The Morgan fingerprint density at radius 3 is 2.42 bits per heavy atom. The summed E-state index contributed by atoms with van der Waals surface area (Å²) in [6, 6.07) is 14.9. The number of cyclic esters (lactones) is 2. The molecule has 0 unspecified atom stereocenters. The number of Topliss-reactive ketones (excluding diaryl/α,β-unsaturated/α-hetero) is 1. The van der Waals surface area contributed by atoms with E-state index in [-0.39, 0.29) is 38.1 Å². The number of carbonyl (C=O) groups excluding carboxylic acids is 5. The van der Waals surface area contributed by atoms with Crippen LogP contribution in [0.3, 0.4) is 0 Å². The van der Waals surface area contributed by atoms with Crippen molar-refractivity contribution in [2.45, 2.75) is 57.8 Å². The molecule has 3 rings (SSSR count). The molecule has 226 valence electrons. The van der Waals surface area contributed by atoms with Gasteiger partial charge in [-0.25, -0.2) is 4.79 Å². The first-order valence-electron chi connectivity index (χ1n) is 14.0. The van der Waals surface area contributed by atoms with Gasteiger partial charge in [-0.15, -0.1) is 0 Å². The number of amides is 2. The molecule has 1 heterocycles. The van der Waals surface area contributed by atoms with Gasteiger partial charge in [-0.1, -0.05) is 56.2 Å². The third kappa shape index (κ3) is 11.1. The van der Waals surface area contributed by atoms with Gasteiger partial charge < -0.3 is 24.8 Å². The van der Waals surface area contributed by atoms with Gasteiger partial charge in [0.15, 0.2) is 12.2 Å². The molecule has 2 aromatic carbocycles. The minimum atomic E-state index is -1.35. The maximum atomic E-state index is 13.1. The highest BCUT2D eigenvalue weighted by atomic mass is 16.6. The summed E-state index contributed by atoms with van der Waals surface area (Å²) in [5.41, 5.74) is 1.36. The average Bonchev–Trinajstić information content (AvgIpc) is 2.98. The second-order valence-corrected chi connectivity index (χ2v) is 10.3. The molecule has 0 radical (unpaired) electrons. The van der Waals surface area contributed by atoms with Crippen LogP contribution in [0.25, 0.3) is 0 Å². The zero-order valence-corrected chi connectivity index (χ0v) is 24.5. The molecular weight excluding hydrogens is 552 g/mol. The summed E-state index contributed by atoms with van der Waals surface area (Å²) >= 11 is 0. The molecule has 0 spiro atoms. The lowest BCUT2D eigenvalue weighted by Gasteiger charge is -2.22. The van der Waals surface area contributed by atoms with Gasteiger partial charge in [-0.2, -0.15) is 0 Å². The number of carbonyl (C=O) groups is 5. The van der Waals surface area contributed by atoms with Crippen molar-refractivity contribution in [2.24, 2.45) is 5.92 Å². The number of benzene rings is 2. The minimum absolute atomic E-state index is 0.0371. The first-order chi connectivity index (χ1) is 20.6. The molecule has 10 heteroatoms. The fraction of sp³-hybridized carbons (Fsp3) is 0.364. The summed E-state index contributed by atoms with van der Waals surface area (Å²) in [5.74, 6) is 2.45. The third-order valence-electron chi connectivity index (χ3n) is 6.36. The van der Waals surface area contributed by atoms with Crippen molar-refractivity contribution < 1.29 is 38.2 Å². The Kier molecular flexibility index (Phi) is 12.5. The quantitative estimate of drug-likeness (QED) is 0.388. The van der Waals surface area contributed by atoms with Crippen LogP contribution >= 0.6 is 0 Å². The van der Waals surface area contributed by atoms with Gasteiger partial charge in [0.05, 0.1) is 13.5 Å². The molecule has 0 bridgehead atoms. The monoisotopic (exact) mass is 588 g/mol. The normalized spacial score (nSPS) is 20.9. The van der Waals surface area contributed by atoms with Crippen LogP contribution in [0.5, 0.6) is 5.75 Å². The molecule has 0 saturated carbocycles. The zero-order valence-electron chi connectivity index (χ0n) is 24.5. The number of methoxy groups -OCH3 is 1. The molecule has 1 aliphatic heterocycles. The van der Waals surface area contributed by atoms with Crippen molar-refractivity contribution in [3.8, 4) is 17.6 Å². The van der Waals surface area contributed by atoms with E-state index in [1.165, 1.54) is 12.2 Å². The van der Waals surface area contributed by atoms with E-state index in [1.54, 1.807) is 55.6 Å². The van der Waals surface area contributed by atoms with E-state index < -0.39 is 47.8 Å². The van der Waals surface area contributed by atoms with Gasteiger partial charge in [0.1, 0.15) is 11.8 Å². The standard InChI is InChI=1S/C33H36N2O8/c1-22(2)20-29-33(40)43-28(27(36)17-14-23-8-5-4-6-9-23)10-7-11-30(37)35-26(32(39)34-19-18-31(38)42-29)21-24-12-15-25(41-3)16-13-24/h4-9,11-13,15-16,22,26,28-29H,10,18-21H2,1-3H3,(H,34,39)(H,35,37)/b11-7+/t26-,28+,29+/m1/s1. The Labute approximate surface area is 251 Å². The lowest BCUT2D eigenvalue weighted by Crippen LogP contribution is -2.48. The van der Waals surface area contributed by atoms with Crippen molar-refractivity contribution in [3.05, 3.63) is 77.9 Å². The van der Waals surface area contributed by atoms with E-state index in [4.69, 9.17) is 14.2 Å². The average molecular weight is 589 g/mol. The van der Waals surface area contributed by atoms with E-state index in [9.17, 15) is 24.0 Å². The Morgan fingerprint density at radius 2 is 1.74 bits per heavy atom. The molecule has 0 saturated heterocycles. The molecular formula is C33H36N2O8. The fourth-order valence-electron chi connectivity index (χ4n) is 4.13. The lowest BCUT2D eigenvalue weighted by molar-refractivity contribution is -0.173. The number of rotatable bonds is 6. The van der Waals surface area contributed by atoms with Gasteiger partial charge in [-0.05, 0) is 54.2 Å². The van der Waals surface area contributed by atoms with Gasteiger partial charge >= 0.3 is 11.9 Å². The first-order valence-corrected chi connectivity index (χ1v) is 14.0. The summed E-state index contributed by atoms with van der Waals surface area (Å²) < 4.78 is 16.1. The number of ether oxygens (including phenoxy) is 3. The van der Waals surface area contributed by atoms with E-state index >= 15 is 0 Å².